The topological polar surface area (TPSA) is 34.1 Å². The first kappa shape index (κ1) is 12.0. The van der Waals surface area contributed by atoms with Crippen molar-refractivity contribution in [3.63, 3.8) is 0 Å². The number of ether oxygens (including phenoxy) is 1. The van der Waals surface area contributed by atoms with Crippen LogP contribution in [0.2, 0.25) is 0 Å². The maximum atomic E-state index is 5.52. The van der Waals surface area contributed by atoms with Crippen LogP contribution < -0.4 is 10.1 Å². The van der Waals surface area contributed by atoms with Crippen molar-refractivity contribution in [2.45, 2.75) is 33.2 Å². The number of hydrogen-bond acceptors (Lipinski definition) is 3. The Balaban J connectivity index is 2.15. The molecule has 1 rings (SSSR count). The highest BCUT2D eigenvalue weighted by Gasteiger charge is 1.96. The van der Waals surface area contributed by atoms with E-state index in [1.54, 1.807) is 0 Å². The molecule has 0 unspecified atom stereocenters. The van der Waals surface area contributed by atoms with Gasteiger partial charge in [0, 0.05) is 17.8 Å². The summed E-state index contributed by atoms with van der Waals surface area (Å²) in [6, 6.07) is 6.36. The molecule has 0 amide bonds. The molecule has 1 aromatic rings. The Bertz CT molecular complexity index is 287. The third-order valence-corrected chi connectivity index (χ3v) is 1.99. The average molecular weight is 208 g/mol. The highest BCUT2D eigenvalue weighted by atomic mass is 16.5. The van der Waals surface area contributed by atoms with E-state index in [1.807, 2.05) is 25.1 Å². The van der Waals surface area contributed by atoms with Crippen LogP contribution in [0.3, 0.4) is 0 Å². The molecule has 0 atom stereocenters. The Morgan fingerprint density at radius 2 is 2.20 bits per heavy atom. The van der Waals surface area contributed by atoms with E-state index in [1.165, 1.54) is 0 Å². The van der Waals surface area contributed by atoms with Crippen molar-refractivity contribution in [1.29, 1.82) is 0 Å². The summed E-state index contributed by atoms with van der Waals surface area (Å²) in [5.41, 5.74) is 0.993. The van der Waals surface area contributed by atoms with E-state index in [0.29, 0.717) is 6.04 Å². The van der Waals surface area contributed by atoms with Gasteiger partial charge in [0.25, 0.3) is 0 Å². The molecular formula is C12H20N2O. The fourth-order valence-electron chi connectivity index (χ4n) is 1.24. The van der Waals surface area contributed by atoms with E-state index in [2.05, 4.69) is 24.1 Å². The predicted molar refractivity (Wildman–Crippen MR) is 62.2 cm³/mol. The summed E-state index contributed by atoms with van der Waals surface area (Å²) in [7, 11) is 0. The number of aryl methyl sites for hydroxylation is 1. The number of nitrogens with one attached hydrogen (secondary N) is 1. The van der Waals surface area contributed by atoms with Crippen LogP contribution in [0, 0.1) is 6.92 Å². The first-order chi connectivity index (χ1) is 7.18. The first-order valence-corrected chi connectivity index (χ1v) is 5.48. The van der Waals surface area contributed by atoms with Crippen LogP contribution in [-0.4, -0.2) is 24.2 Å². The lowest BCUT2D eigenvalue weighted by molar-refractivity contribution is 0.294. The minimum Gasteiger partial charge on any atom is -0.478 e. The molecule has 3 heteroatoms. The third kappa shape index (κ3) is 5.37. The molecule has 1 N–H and O–H groups in total. The molecule has 0 aliphatic rings. The van der Waals surface area contributed by atoms with Gasteiger partial charge in [-0.1, -0.05) is 19.9 Å². The van der Waals surface area contributed by atoms with Gasteiger partial charge in [0.2, 0.25) is 5.88 Å². The fourth-order valence-corrected chi connectivity index (χ4v) is 1.24. The fraction of sp³-hybridized carbons (Fsp3) is 0.583. The van der Waals surface area contributed by atoms with Gasteiger partial charge in [-0.2, -0.15) is 0 Å². The van der Waals surface area contributed by atoms with Crippen LogP contribution in [0.1, 0.15) is 26.0 Å². The molecule has 0 aliphatic heterocycles. The summed E-state index contributed by atoms with van der Waals surface area (Å²) in [4.78, 5) is 4.26. The van der Waals surface area contributed by atoms with Crippen molar-refractivity contribution < 1.29 is 4.74 Å². The molecule has 0 saturated heterocycles. The lowest BCUT2D eigenvalue weighted by Gasteiger charge is -2.08. The van der Waals surface area contributed by atoms with Gasteiger partial charge in [-0.15, -0.1) is 0 Å². The molecule has 0 radical (unpaired) electrons. The lowest BCUT2D eigenvalue weighted by atomic mass is 10.3. The second kappa shape index (κ2) is 6.40. The van der Waals surface area contributed by atoms with E-state index in [0.717, 1.165) is 31.1 Å². The van der Waals surface area contributed by atoms with Crippen molar-refractivity contribution >= 4 is 0 Å². The van der Waals surface area contributed by atoms with Gasteiger partial charge in [0.05, 0.1) is 6.61 Å². The molecule has 0 spiro atoms. The van der Waals surface area contributed by atoms with Crippen LogP contribution in [0.25, 0.3) is 0 Å². The monoisotopic (exact) mass is 208 g/mol. The molecule has 0 aliphatic carbocycles. The molecule has 3 nitrogen and oxygen atoms in total. The normalized spacial score (nSPS) is 10.7. The maximum absolute atomic E-state index is 5.52. The summed E-state index contributed by atoms with van der Waals surface area (Å²) in [6.07, 6.45) is 1.01. The predicted octanol–water partition coefficient (Wildman–Crippen LogP) is 2.16. The van der Waals surface area contributed by atoms with Crippen molar-refractivity contribution in [1.82, 2.24) is 10.3 Å². The average Bonchev–Trinajstić information content (AvgIpc) is 2.17. The van der Waals surface area contributed by atoms with Gasteiger partial charge in [-0.25, -0.2) is 4.98 Å². The quantitative estimate of drug-likeness (QED) is 0.727. The largest absolute Gasteiger partial charge is 0.478 e. The summed E-state index contributed by atoms with van der Waals surface area (Å²) in [5.74, 6) is 0.722. The maximum Gasteiger partial charge on any atom is 0.213 e. The number of hydrogen-bond donors (Lipinski definition) is 1. The van der Waals surface area contributed by atoms with E-state index >= 15 is 0 Å². The summed E-state index contributed by atoms with van der Waals surface area (Å²) >= 11 is 0. The van der Waals surface area contributed by atoms with E-state index in [9.17, 15) is 0 Å². The Morgan fingerprint density at radius 3 is 2.87 bits per heavy atom. The van der Waals surface area contributed by atoms with Crippen LogP contribution in [0.4, 0.5) is 0 Å². The molecule has 84 valence electrons. The van der Waals surface area contributed by atoms with Crippen molar-refractivity contribution in [2.75, 3.05) is 13.2 Å². The lowest BCUT2D eigenvalue weighted by Crippen LogP contribution is -2.24. The molecule has 1 heterocycles. The number of rotatable bonds is 6. The number of nitrogens with zero attached hydrogens (tertiary/aromatic N) is 1. The van der Waals surface area contributed by atoms with Crippen LogP contribution in [-0.2, 0) is 0 Å². The van der Waals surface area contributed by atoms with Crippen LogP contribution >= 0.6 is 0 Å². The highest BCUT2D eigenvalue weighted by Crippen LogP contribution is 2.06. The number of aromatic nitrogens is 1. The number of pyridine rings is 1. The summed E-state index contributed by atoms with van der Waals surface area (Å²) in [6.45, 7) is 7.96. The Kier molecular flexibility index (Phi) is 5.12. The second-order valence-corrected chi connectivity index (χ2v) is 3.93. The van der Waals surface area contributed by atoms with Gasteiger partial charge in [0.1, 0.15) is 0 Å². The van der Waals surface area contributed by atoms with Gasteiger partial charge in [0.15, 0.2) is 0 Å². The smallest absolute Gasteiger partial charge is 0.213 e. The van der Waals surface area contributed by atoms with Crippen molar-refractivity contribution in [3.05, 3.63) is 23.9 Å². The van der Waals surface area contributed by atoms with Gasteiger partial charge in [-0.3, -0.25) is 0 Å². The SMILES string of the molecule is Cc1cccc(OCCCNC(C)C)n1. The van der Waals surface area contributed by atoms with Gasteiger partial charge >= 0.3 is 0 Å². The van der Waals surface area contributed by atoms with Gasteiger partial charge < -0.3 is 10.1 Å². The Hall–Kier alpha value is -1.09. The second-order valence-electron chi connectivity index (χ2n) is 3.93. The zero-order chi connectivity index (χ0) is 11.1. The minimum absolute atomic E-state index is 0.544. The zero-order valence-corrected chi connectivity index (χ0v) is 9.79. The molecule has 0 aromatic carbocycles. The Morgan fingerprint density at radius 1 is 1.40 bits per heavy atom. The standard InChI is InChI=1S/C12H20N2O/c1-10(2)13-8-5-9-15-12-7-4-6-11(3)14-12/h4,6-7,10,13H,5,8-9H2,1-3H3. The Labute approximate surface area is 91.9 Å². The highest BCUT2D eigenvalue weighted by molar-refractivity contribution is 5.14. The minimum atomic E-state index is 0.544. The first-order valence-electron chi connectivity index (χ1n) is 5.48. The van der Waals surface area contributed by atoms with Crippen molar-refractivity contribution in [3.8, 4) is 5.88 Å². The molecular weight excluding hydrogens is 188 g/mol. The van der Waals surface area contributed by atoms with Gasteiger partial charge in [-0.05, 0) is 26.0 Å². The molecule has 1 aromatic heterocycles. The van der Waals surface area contributed by atoms with Crippen LogP contribution in [0.5, 0.6) is 5.88 Å². The van der Waals surface area contributed by atoms with E-state index in [4.69, 9.17) is 4.74 Å². The molecule has 0 saturated carbocycles. The van der Waals surface area contributed by atoms with Crippen molar-refractivity contribution in [2.24, 2.45) is 0 Å². The third-order valence-electron chi connectivity index (χ3n) is 1.99. The molecule has 0 fully saturated rings. The summed E-state index contributed by atoms with van der Waals surface area (Å²) in [5, 5.41) is 3.34. The zero-order valence-electron chi connectivity index (χ0n) is 9.79. The summed E-state index contributed by atoms with van der Waals surface area (Å²) < 4.78 is 5.52. The van der Waals surface area contributed by atoms with Crippen LogP contribution in [0.15, 0.2) is 18.2 Å². The molecule has 0 bridgehead atoms. The van der Waals surface area contributed by atoms with E-state index < -0.39 is 0 Å². The molecule has 15 heavy (non-hydrogen) atoms. The van der Waals surface area contributed by atoms with E-state index in [-0.39, 0.29) is 0 Å².